The van der Waals surface area contributed by atoms with E-state index in [1.54, 1.807) is 0 Å². The monoisotopic (exact) mass is 267 g/mol. The van der Waals surface area contributed by atoms with Gasteiger partial charge in [0, 0.05) is 7.85 Å². The Bertz CT molecular complexity index is 318. The number of Topliss-reactive ketones (excluding diaryl/α,β-unsaturated/α-hetero) is 1. The van der Waals surface area contributed by atoms with Crippen LogP contribution in [0.3, 0.4) is 0 Å². The van der Waals surface area contributed by atoms with Gasteiger partial charge in [0.1, 0.15) is 6.61 Å². The van der Waals surface area contributed by atoms with E-state index < -0.39 is 0 Å². The Hall–Kier alpha value is -0.670. The molecule has 2 aliphatic rings. The second kappa shape index (κ2) is 7.81. The molecule has 2 rings (SSSR count). The first-order chi connectivity index (χ1) is 9.29. The predicted molar refractivity (Wildman–Crippen MR) is 79.1 cm³/mol. The molecule has 0 unspecified atom stereocenters. The number of carbonyl (C=O) groups is 1. The lowest BCUT2D eigenvalue weighted by molar-refractivity contribution is -0.121. The Morgan fingerprint density at radius 3 is 2.47 bits per heavy atom. The largest absolute Gasteiger partial charge is 0.389 e. The lowest BCUT2D eigenvalue weighted by Gasteiger charge is -2.27. The third-order valence-electron chi connectivity index (χ3n) is 4.54. The maximum absolute atomic E-state index is 11.6. The number of rotatable bonds is 5. The van der Waals surface area contributed by atoms with Crippen LogP contribution in [0.15, 0.2) is 11.6 Å². The summed E-state index contributed by atoms with van der Waals surface area (Å²) in [6, 6.07) is 0. The molecule has 2 fully saturated rings. The van der Waals surface area contributed by atoms with Crippen LogP contribution in [0.4, 0.5) is 0 Å². The van der Waals surface area contributed by atoms with Gasteiger partial charge in [-0.15, -0.1) is 0 Å². The van der Waals surface area contributed by atoms with E-state index in [1.165, 1.54) is 37.7 Å². The fraction of sp³-hybridized carbons (Fsp3) is 0.812. The first-order valence-electron chi connectivity index (χ1n) is 7.83. The minimum atomic E-state index is -0.313. The van der Waals surface area contributed by atoms with Crippen LogP contribution in [0.25, 0.3) is 0 Å². The Labute approximate surface area is 118 Å². The molecule has 1 heterocycles. The molecule has 0 radical (unpaired) electrons. The highest BCUT2D eigenvalue weighted by atomic mass is 16.3. The highest BCUT2D eigenvalue weighted by Gasteiger charge is 2.21. The van der Waals surface area contributed by atoms with E-state index in [1.807, 2.05) is 0 Å². The van der Waals surface area contributed by atoms with Crippen LogP contribution in [-0.2, 0) is 4.79 Å². The smallest absolute Gasteiger partial charge is 0.162 e. The van der Waals surface area contributed by atoms with Crippen LogP contribution < -0.4 is 5.32 Å². The summed E-state index contributed by atoms with van der Waals surface area (Å²) in [6.07, 6.45) is 11.7. The molecule has 3 nitrogen and oxygen atoms in total. The molecule has 0 spiro atoms. The van der Waals surface area contributed by atoms with Crippen molar-refractivity contribution in [2.24, 2.45) is 11.8 Å². The van der Waals surface area contributed by atoms with Crippen molar-refractivity contribution in [1.29, 1.82) is 0 Å². The van der Waals surface area contributed by atoms with Crippen LogP contribution >= 0.6 is 0 Å². The molecule has 1 aliphatic heterocycles. The van der Waals surface area contributed by atoms with E-state index in [-0.39, 0.29) is 13.8 Å². The van der Waals surface area contributed by atoms with E-state index in [2.05, 4.69) is 11.4 Å². The number of piperidine rings is 1. The quantitative estimate of drug-likeness (QED) is 0.753. The molecule has 2 N–H and O–H groups in total. The number of hydrogen-bond donors (Lipinski definition) is 2. The lowest BCUT2D eigenvalue weighted by atomic mass is 9.81. The van der Waals surface area contributed by atoms with Gasteiger partial charge >= 0.3 is 0 Å². The molecule has 0 aromatic carbocycles. The first kappa shape index (κ1) is 14.7. The molecule has 0 aromatic heterocycles. The van der Waals surface area contributed by atoms with Gasteiger partial charge in [-0.1, -0.05) is 30.9 Å². The number of nitrogens with one attached hydrogen (secondary N) is 1. The third-order valence-corrected chi connectivity index (χ3v) is 4.54. The van der Waals surface area contributed by atoms with E-state index in [9.17, 15) is 4.79 Å². The highest BCUT2D eigenvalue weighted by Crippen LogP contribution is 2.31. The van der Waals surface area contributed by atoms with Crippen molar-refractivity contribution in [3.63, 3.8) is 0 Å². The molecule has 110 valence electrons. The average Bonchev–Trinajstić information content (AvgIpc) is 2.48. The van der Waals surface area contributed by atoms with Crippen LogP contribution in [0, 0.1) is 11.8 Å². The normalized spacial score (nSPS) is 23.5. The van der Waals surface area contributed by atoms with Crippen LogP contribution in [0.2, 0.25) is 0 Å². The summed E-state index contributed by atoms with van der Waals surface area (Å²) in [7, 11) is 0. The number of hydrogen-bond acceptors (Lipinski definition) is 3. The molecule has 0 bridgehead atoms. The van der Waals surface area contributed by atoms with Gasteiger partial charge in [0.25, 0.3) is 0 Å². The molecule has 1 saturated heterocycles. The number of ketones is 1. The second-order valence-corrected chi connectivity index (χ2v) is 6.04. The molecule has 3 heteroatoms. The fourth-order valence-electron chi connectivity index (χ4n) is 3.42. The van der Waals surface area contributed by atoms with Crippen LogP contribution in [-0.4, -0.2) is 30.6 Å². The molecule has 1 aliphatic carbocycles. The Kier molecular flexibility index (Phi) is 6.05. The van der Waals surface area contributed by atoms with Gasteiger partial charge in [-0.3, -0.25) is 4.79 Å². The minimum Gasteiger partial charge on any atom is -0.389 e. The summed E-state index contributed by atoms with van der Waals surface area (Å²) in [4.78, 5) is 11.6. The fourth-order valence-corrected chi connectivity index (χ4v) is 3.42. The number of aliphatic hydroxyl groups is 1. The zero-order chi connectivity index (χ0) is 13.5. The summed E-state index contributed by atoms with van der Waals surface area (Å²) < 4.78 is 0. The Balaban J connectivity index is 0.00000200. The van der Waals surface area contributed by atoms with Crippen molar-refractivity contribution in [3.8, 4) is 0 Å². The van der Waals surface area contributed by atoms with Crippen molar-refractivity contribution >= 4 is 5.78 Å². The van der Waals surface area contributed by atoms with Gasteiger partial charge in [0.15, 0.2) is 5.78 Å². The summed E-state index contributed by atoms with van der Waals surface area (Å²) in [5.74, 6) is 1.20. The predicted octanol–water partition coefficient (Wildman–Crippen LogP) is 2.69. The SMILES string of the molecule is O=C(CO)C/C(=C/C1CCCCC1)C1CCNCC1.[HH]. The van der Waals surface area contributed by atoms with E-state index >= 15 is 0 Å². The lowest BCUT2D eigenvalue weighted by Crippen LogP contribution is -2.29. The van der Waals surface area contributed by atoms with Crippen LogP contribution in [0.5, 0.6) is 0 Å². The van der Waals surface area contributed by atoms with Gasteiger partial charge < -0.3 is 10.4 Å². The molecule has 0 atom stereocenters. The number of allylic oxidation sites excluding steroid dienone is 2. The highest BCUT2D eigenvalue weighted by molar-refractivity contribution is 5.81. The Morgan fingerprint density at radius 2 is 1.84 bits per heavy atom. The topological polar surface area (TPSA) is 49.3 Å². The molecular weight excluding hydrogens is 238 g/mol. The van der Waals surface area contributed by atoms with Gasteiger partial charge in [-0.05, 0) is 50.6 Å². The zero-order valence-corrected chi connectivity index (χ0v) is 11.9. The summed E-state index contributed by atoms with van der Waals surface area (Å²) in [6.45, 7) is 1.80. The molecule has 0 amide bonds. The standard InChI is InChI=1S/C16H27NO2.H2/c18-12-16(19)11-15(14-6-8-17-9-7-14)10-13-4-2-1-3-5-13;/h10,13-14,17-18H,1-9,11-12H2;1H/b15-10-;. The van der Waals surface area contributed by atoms with Crippen molar-refractivity contribution in [2.45, 2.75) is 51.4 Å². The van der Waals surface area contributed by atoms with Gasteiger partial charge in [-0.2, -0.15) is 0 Å². The Morgan fingerprint density at radius 1 is 1.16 bits per heavy atom. The van der Waals surface area contributed by atoms with Crippen molar-refractivity contribution < 1.29 is 11.3 Å². The molecule has 1 saturated carbocycles. The average molecular weight is 267 g/mol. The summed E-state index contributed by atoms with van der Waals surface area (Å²) in [5, 5.41) is 12.4. The van der Waals surface area contributed by atoms with Crippen LogP contribution in [0.1, 0.15) is 52.8 Å². The number of carbonyl (C=O) groups excluding carboxylic acids is 1. The minimum absolute atomic E-state index is 0. The van der Waals surface area contributed by atoms with Crippen molar-refractivity contribution in [2.75, 3.05) is 19.7 Å². The molecule has 19 heavy (non-hydrogen) atoms. The maximum Gasteiger partial charge on any atom is 0.162 e. The first-order valence-corrected chi connectivity index (χ1v) is 7.83. The summed E-state index contributed by atoms with van der Waals surface area (Å²) >= 11 is 0. The van der Waals surface area contributed by atoms with E-state index in [4.69, 9.17) is 5.11 Å². The third kappa shape index (κ3) is 4.73. The van der Waals surface area contributed by atoms with E-state index in [0.717, 1.165) is 25.9 Å². The van der Waals surface area contributed by atoms with Crippen molar-refractivity contribution in [3.05, 3.63) is 11.6 Å². The molecular formula is C16H29NO2. The second-order valence-electron chi connectivity index (χ2n) is 6.04. The number of aliphatic hydroxyl groups excluding tert-OH is 1. The molecule has 0 aromatic rings. The van der Waals surface area contributed by atoms with Gasteiger partial charge in [-0.25, -0.2) is 0 Å². The van der Waals surface area contributed by atoms with Crippen molar-refractivity contribution in [1.82, 2.24) is 5.32 Å². The maximum atomic E-state index is 11.6. The van der Waals surface area contributed by atoms with Gasteiger partial charge in [0.05, 0.1) is 0 Å². The summed E-state index contributed by atoms with van der Waals surface area (Å²) in [5.41, 5.74) is 1.31. The zero-order valence-electron chi connectivity index (χ0n) is 11.9. The van der Waals surface area contributed by atoms with E-state index in [0.29, 0.717) is 18.3 Å². The van der Waals surface area contributed by atoms with Gasteiger partial charge in [0.2, 0.25) is 0 Å².